The molecular weight excluding hydrogens is 485 g/mol. The van der Waals surface area contributed by atoms with E-state index in [9.17, 15) is 26.7 Å². The lowest BCUT2D eigenvalue weighted by Crippen LogP contribution is -2.16. The Kier molecular flexibility index (Phi) is 6.13. The Bertz CT molecular complexity index is 1360. The van der Waals surface area contributed by atoms with Gasteiger partial charge in [0.2, 0.25) is 0 Å². The summed E-state index contributed by atoms with van der Waals surface area (Å²) in [7, 11) is 0. The van der Waals surface area contributed by atoms with Gasteiger partial charge in [-0.15, -0.1) is 0 Å². The topological polar surface area (TPSA) is 70.2 Å². The van der Waals surface area contributed by atoms with E-state index in [1.54, 1.807) is 0 Å². The molecule has 176 valence electrons. The van der Waals surface area contributed by atoms with Crippen molar-refractivity contribution in [1.82, 2.24) is 14.9 Å². The molecule has 12 heteroatoms. The number of esters is 1. The summed E-state index contributed by atoms with van der Waals surface area (Å²) in [5, 5.41) is 7.14. The molecule has 0 fully saturated rings. The molecule has 0 saturated carbocycles. The minimum Gasteiger partial charge on any atom is -0.462 e. The van der Waals surface area contributed by atoms with E-state index < -0.39 is 57.7 Å². The van der Waals surface area contributed by atoms with Crippen molar-refractivity contribution in [3.05, 3.63) is 76.6 Å². The third-order valence-corrected chi connectivity index (χ3v) is 5.05. The van der Waals surface area contributed by atoms with E-state index >= 15 is 0 Å². The first kappa shape index (κ1) is 23.4. The number of halogens is 6. The van der Waals surface area contributed by atoms with Crippen LogP contribution in [0.2, 0.25) is 5.02 Å². The van der Waals surface area contributed by atoms with Crippen LogP contribution in [0.5, 0.6) is 0 Å². The van der Waals surface area contributed by atoms with E-state index in [1.807, 2.05) is 0 Å². The molecule has 0 saturated heterocycles. The minimum absolute atomic E-state index is 0.144. The van der Waals surface area contributed by atoms with Crippen LogP contribution in [0.25, 0.3) is 28.3 Å². The zero-order valence-electron chi connectivity index (χ0n) is 17.2. The molecule has 0 N–H and O–H groups in total. The summed E-state index contributed by atoms with van der Waals surface area (Å²) >= 11 is 6.07. The summed E-state index contributed by atoms with van der Waals surface area (Å²) in [6, 6.07) is 8.33. The number of carbonyl (C=O) groups is 1. The molecule has 0 aliphatic heterocycles. The van der Waals surface area contributed by atoms with Crippen molar-refractivity contribution >= 4 is 17.6 Å². The lowest BCUT2D eigenvalue weighted by molar-refractivity contribution is -0.142. The summed E-state index contributed by atoms with van der Waals surface area (Å²) in [5.74, 6) is -3.68. The number of rotatable bonds is 5. The van der Waals surface area contributed by atoms with Crippen LogP contribution in [-0.2, 0) is 10.9 Å². The number of hydrogen-bond donors (Lipinski definition) is 0. The average Bonchev–Trinajstić information content (AvgIpc) is 3.38. The molecular formula is C22H13ClF5N3O3. The monoisotopic (exact) mass is 497 g/mol. The fraction of sp³-hybridized carbons (Fsp3) is 0.136. The van der Waals surface area contributed by atoms with Gasteiger partial charge in [-0.05, 0) is 31.2 Å². The van der Waals surface area contributed by atoms with Crippen molar-refractivity contribution in [1.29, 1.82) is 0 Å². The van der Waals surface area contributed by atoms with Gasteiger partial charge in [0, 0.05) is 0 Å². The van der Waals surface area contributed by atoms with E-state index in [0.29, 0.717) is 4.68 Å². The van der Waals surface area contributed by atoms with Crippen molar-refractivity contribution in [3.8, 4) is 28.3 Å². The second kappa shape index (κ2) is 8.90. The van der Waals surface area contributed by atoms with Crippen LogP contribution in [0.15, 0.2) is 53.2 Å². The summed E-state index contributed by atoms with van der Waals surface area (Å²) in [6.07, 6.45) is -4.33. The number of alkyl halides is 3. The molecule has 6 nitrogen and oxygen atoms in total. The normalized spacial score (nSPS) is 11.6. The van der Waals surface area contributed by atoms with Crippen LogP contribution >= 0.6 is 11.6 Å². The van der Waals surface area contributed by atoms with E-state index in [0.717, 1.165) is 24.4 Å². The lowest BCUT2D eigenvalue weighted by atomic mass is 10.0. The van der Waals surface area contributed by atoms with Crippen molar-refractivity contribution in [3.63, 3.8) is 0 Å². The first-order valence-electron chi connectivity index (χ1n) is 9.66. The molecule has 0 unspecified atom stereocenters. The number of hydrogen-bond acceptors (Lipinski definition) is 5. The highest BCUT2D eigenvalue weighted by Crippen LogP contribution is 2.43. The average molecular weight is 498 g/mol. The van der Waals surface area contributed by atoms with Crippen LogP contribution in [-0.4, -0.2) is 27.5 Å². The predicted molar refractivity (Wildman–Crippen MR) is 110 cm³/mol. The van der Waals surface area contributed by atoms with Gasteiger partial charge in [-0.1, -0.05) is 35.0 Å². The number of benzene rings is 2. The molecule has 0 aliphatic carbocycles. The predicted octanol–water partition coefficient (Wildman–Crippen LogP) is 6.32. The van der Waals surface area contributed by atoms with Crippen LogP contribution in [0.4, 0.5) is 22.0 Å². The Morgan fingerprint density at radius 3 is 2.47 bits per heavy atom. The summed E-state index contributed by atoms with van der Waals surface area (Å²) in [4.78, 5) is 12.8. The molecule has 0 aliphatic rings. The molecule has 34 heavy (non-hydrogen) atoms. The van der Waals surface area contributed by atoms with Gasteiger partial charge < -0.3 is 9.26 Å². The first-order valence-corrected chi connectivity index (χ1v) is 10.0. The molecule has 0 atom stereocenters. The van der Waals surface area contributed by atoms with Crippen molar-refractivity contribution in [2.75, 3.05) is 6.61 Å². The molecule has 0 spiro atoms. The number of nitrogens with zero attached hydrogens (tertiary/aromatic N) is 3. The van der Waals surface area contributed by atoms with Gasteiger partial charge in [0.05, 0.1) is 29.0 Å². The molecule has 4 rings (SSSR count). The van der Waals surface area contributed by atoms with E-state index in [4.69, 9.17) is 20.9 Å². The molecule has 4 aromatic rings. The highest BCUT2D eigenvalue weighted by molar-refractivity contribution is 6.33. The molecule has 2 aromatic heterocycles. The molecule has 2 heterocycles. The van der Waals surface area contributed by atoms with Crippen molar-refractivity contribution in [2.24, 2.45) is 0 Å². The standard InChI is InChI=1S/C22H13ClF5N3O3/c1-2-33-21(32)17-18(16-12(23)6-5-8-14(16)25)30-34-19(17)11-10-29-31(20(11)22(26,27)28)15-9-4-3-7-13(15)24/h3-10H,2H2,1H3. The largest absolute Gasteiger partial charge is 0.462 e. The zero-order chi connectivity index (χ0) is 24.6. The van der Waals surface area contributed by atoms with Gasteiger partial charge in [-0.3, -0.25) is 0 Å². The van der Waals surface area contributed by atoms with Crippen LogP contribution in [0.1, 0.15) is 23.0 Å². The summed E-state index contributed by atoms with van der Waals surface area (Å²) < 4.78 is 81.7. The fourth-order valence-electron chi connectivity index (χ4n) is 3.35. The summed E-state index contributed by atoms with van der Waals surface area (Å²) in [6.45, 7) is 1.33. The first-order chi connectivity index (χ1) is 16.1. The van der Waals surface area contributed by atoms with Gasteiger partial charge in [0.25, 0.3) is 0 Å². The Labute approximate surface area is 193 Å². The maximum atomic E-state index is 14.6. The van der Waals surface area contributed by atoms with Gasteiger partial charge in [0.15, 0.2) is 11.5 Å². The van der Waals surface area contributed by atoms with Gasteiger partial charge in [-0.25, -0.2) is 18.3 Å². The molecule has 0 radical (unpaired) electrons. The maximum absolute atomic E-state index is 14.6. The number of para-hydroxylation sites is 1. The van der Waals surface area contributed by atoms with Gasteiger partial charge >= 0.3 is 12.1 Å². The molecule has 0 amide bonds. The highest BCUT2D eigenvalue weighted by Gasteiger charge is 2.42. The van der Waals surface area contributed by atoms with Crippen molar-refractivity contribution < 1.29 is 36.0 Å². The second-order valence-corrected chi connectivity index (χ2v) is 7.23. The fourth-order valence-corrected chi connectivity index (χ4v) is 3.61. The van der Waals surface area contributed by atoms with Crippen LogP contribution < -0.4 is 0 Å². The minimum atomic E-state index is -5.07. The zero-order valence-corrected chi connectivity index (χ0v) is 17.9. The Morgan fingerprint density at radius 2 is 1.82 bits per heavy atom. The van der Waals surface area contributed by atoms with E-state index in [-0.39, 0.29) is 17.2 Å². The second-order valence-electron chi connectivity index (χ2n) is 6.82. The maximum Gasteiger partial charge on any atom is 0.434 e. The third-order valence-electron chi connectivity index (χ3n) is 4.73. The molecule has 2 aromatic carbocycles. The Balaban J connectivity index is 2.02. The number of ether oxygens (including phenoxy) is 1. The number of aromatic nitrogens is 3. The highest BCUT2D eigenvalue weighted by atomic mass is 35.5. The SMILES string of the molecule is CCOC(=O)c1c(-c2c(F)cccc2Cl)noc1-c1cnn(-c2ccccc2F)c1C(F)(F)F. The van der Waals surface area contributed by atoms with Gasteiger partial charge in [0.1, 0.15) is 28.6 Å². The van der Waals surface area contributed by atoms with Crippen molar-refractivity contribution in [2.45, 2.75) is 13.1 Å². The number of carbonyl (C=O) groups excluding carboxylic acids is 1. The quantitative estimate of drug-likeness (QED) is 0.238. The smallest absolute Gasteiger partial charge is 0.434 e. The van der Waals surface area contributed by atoms with E-state index in [1.165, 1.54) is 31.2 Å². The van der Waals surface area contributed by atoms with E-state index in [2.05, 4.69) is 10.3 Å². The Morgan fingerprint density at radius 1 is 1.12 bits per heavy atom. The van der Waals surface area contributed by atoms with Crippen LogP contribution in [0, 0.1) is 11.6 Å². The Hall–Kier alpha value is -3.73. The van der Waals surface area contributed by atoms with Gasteiger partial charge in [-0.2, -0.15) is 18.3 Å². The third kappa shape index (κ3) is 4.03. The lowest BCUT2D eigenvalue weighted by Gasteiger charge is -2.13. The molecule has 0 bridgehead atoms. The van der Waals surface area contributed by atoms with Crippen LogP contribution in [0.3, 0.4) is 0 Å². The summed E-state index contributed by atoms with van der Waals surface area (Å²) in [5.41, 5.74) is -4.07.